The fraction of sp³-hybridized carbons (Fsp3) is 0.600. The van der Waals surface area contributed by atoms with Gasteiger partial charge in [-0.25, -0.2) is 13.1 Å². The van der Waals surface area contributed by atoms with E-state index < -0.39 is 10.0 Å². The van der Waals surface area contributed by atoms with Crippen LogP contribution in [0.3, 0.4) is 0 Å². The van der Waals surface area contributed by atoms with Crippen molar-refractivity contribution in [2.75, 3.05) is 19.8 Å². The van der Waals surface area contributed by atoms with Crippen LogP contribution in [0.15, 0.2) is 17.0 Å². The van der Waals surface area contributed by atoms with Crippen LogP contribution in [0.2, 0.25) is 0 Å². The number of hydrogen-bond donors (Lipinski definition) is 2. The van der Waals surface area contributed by atoms with E-state index in [0.29, 0.717) is 24.3 Å². The van der Waals surface area contributed by atoms with E-state index in [0.717, 1.165) is 25.0 Å². The first-order valence-electron chi connectivity index (χ1n) is 7.22. The molecule has 0 aromatic heterocycles. The van der Waals surface area contributed by atoms with E-state index in [1.807, 2.05) is 6.92 Å². The third-order valence-electron chi connectivity index (χ3n) is 3.91. The Morgan fingerprint density at radius 2 is 2.10 bits per heavy atom. The van der Waals surface area contributed by atoms with Gasteiger partial charge in [0.15, 0.2) is 0 Å². The van der Waals surface area contributed by atoms with Gasteiger partial charge in [-0.3, -0.25) is 0 Å². The number of sulfonamides is 1. The van der Waals surface area contributed by atoms with Gasteiger partial charge in [0, 0.05) is 13.2 Å². The second kappa shape index (κ2) is 6.87. The molecular weight excluding hydrogens is 290 g/mol. The summed E-state index contributed by atoms with van der Waals surface area (Å²) in [6, 6.07) is 3.36. The highest BCUT2D eigenvalue weighted by molar-refractivity contribution is 7.89. The van der Waals surface area contributed by atoms with E-state index in [1.165, 1.54) is 0 Å². The zero-order valence-corrected chi connectivity index (χ0v) is 13.4. The predicted octanol–water partition coefficient (Wildman–Crippen LogP) is 1.50. The van der Waals surface area contributed by atoms with Crippen LogP contribution in [0.4, 0.5) is 0 Å². The minimum Gasteiger partial charge on any atom is -0.392 e. The van der Waals surface area contributed by atoms with Crippen molar-refractivity contribution in [1.29, 1.82) is 0 Å². The summed E-state index contributed by atoms with van der Waals surface area (Å²) < 4.78 is 32.9. The highest BCUT2D eigenvalue weighted by Gasteiger charge is 2.21. The second-order valence-electron chi connectivity index (χ2n) is 5.64. The maximum absolute atomic E-state index is 12.4. The lowest BCUT2D eigenvalue weighted by Crippen LogP contribution is -2.33. The van der Waals surface area contributed by atoms with E-state index in [-0.39, 0.29) is 17.4 Å². The van der Waals surface area contributed by atoms with Crippen molar-refractivity contribution in [2.24, 2.45) is 5.92 Å². The van der Waals surface area contributed by atoms with Crippen LogP contribution in [-0.2, 0) is 21.4 Å². The quantitative estimate of drug-likeness (QED) is 0.864. The molecule has 0 saturated carbocycles. The van der Waals surface area contributed by atoms with Crippen LogP contribution in [0, 0.1) is 19.8 Å². The number of benzene rings is 1. The first-order valence-corrected chi connectivity index (χ1v) is 8.70. The highest BCUT2D eigenvalue weighted by Crippen LogP contribution is 2.21. The first-order chi connectivity index (χ1) is 9.94. The summed E-state index contributed by atoms with van der Waals surface area (Å²) in [7, 11) is -3.56. The van der Waals surface area contributed by atoms with Crippen LogP contribution in [-0.4, -0.2) is 33.3 Å². The topological polar surface area (TPSA) is 75.6 Å². The summed E-state index contributed by atoms with van der Waals surface area (Å²) in [4.78, 5) is 0.244. The van der Waals surface area contributed by atoms with Gasteiger partial charge < -0.3 is 9.84 Å². The van der Waals surface area contributed by atoms with E-state index in [2.05, 4.69) is 4.72 Å². The zero-order chi connectivity index (χ0) is 15.5. The Morgan fingerprint density at radius 1 is 1.33 bits per heavy atom. The van der Waals surface area contributed by atoms with E-state index >= 15 is 0 Å². The lowest BCUT2D eigenvalue weighted by atomic mass is 10.0. The number of aryl methyl sites for hydroxylation is 2. The molecule has 0 aliphatic carbocycles. The molecule has 118 valence electrons. The summed E-state index contributed by atoms with van der Waals surface area (Å²) in [5.41, 5.74) is 2.23. The Balaban J connectivity index is 2.15. The predicted molar refractivity (Wildman–Crippen MR) is 80.6 cm³/mol. The maximum atomic E-state index is 12.4. The number of rotatable bonds is 5. The normalized spacial score (nSPS) is 19.7. The molecule has 2 rings (SSSR count). The zero-order valence-electron chi connectivity index (χ0n) is 12.6. The molecule has 1 aromatic carbocycles. The molecule has 0 bridgehead atoms. The molecular formula is C15H23NO4S. The molecule has 21 heavy (non-hydrogen) atoms. The van der Waals surface area contributed by atoms with Crippen LogP contribution in [0.25, 0.3) is 0 Å². The standard InChI is InChI=1S/C15H23NO4S/c1-11-6-12(2)15(7-14(11)9-17)21(18,19)16-8-13-4-3-5-20-10-13/h6-7,13,16-17H,3-5,8-10H2,1-2H3. The molecule has 2 N–H and O–H groups in total. The van der Waals surface area contributed by atoms with Gasteiger partial charge in [-0.15, -0.1) is 0 Å². The molecule has 1 fully saturated rings. The average molecular weight is 313 g/mol. The largest absolute Gasteiger partial charge is 0.392 e. The van der Waals surface area contributed by atoms with Gasteiger partial charge in [0.05, 0.1) is 18.1 Å². The molecule has 1 saturated heterocycles. The Labute approximate surface area is 126 Å². The molecule has 1 heterocycles. The number of aliphatic hydroxyl groups excluding tert-OH is 1. The third kappa shape index (κ3) is 4.03. The van der Waals surface area contributed by atoms with Crippen molar-refractivity contribution in [3.05, 3.63) is 28.8 Å². The molecule has 0 spiro atoms. The van der Waals surface area contributed by atoms with Gasteiger partial charge in [0.2, 0.25) is 10.0 Å². The molecule has 5 nitrogen and oxygen atoms in total. The Hall–Kier alpha value is -0.950. The van der Waals surface area contributed by atoms with E-state index in [9.17, 15) is 13.5 Å². The molecule has 1 atom stereocenters. The van der Waals surface area contributed by atoms with Gasteiger partial charge in [0.1, 0.15) is 0 Å². The fourth-order valence-corrected chi connectivity index (χ4v) is 4.00. The SMILES string of the molecule is Cc1cc(C)c(S(=O)(=O)NCC2CCCOC2)cc1CO. The Morgan fingerprint density at radius 3 is 2.71 bits per heavy atom. The minimum absolute atomic E-state index is 0.162. The van der Waals surface area contributed by atoms with Crippen molar-refractivity contribution in [2.45, 2.75) is 38.2 Å². The summed E-state index contributed by atoms with van der Waals surface area (Å²) in [5, 5.41) is 9.30. The van der Waals surface area contributed by atoms with Crippen molar-refractivity contribution >= 4 is 10.0 Å². The molecule has 6 heteroatoms. The van der Waals surface area contributed by atoms with Crippen molar-refractivity contribution in [3.63, 3.8) is 0 Å². The Bertz CT molecular complexity index is 592. The molecule has 1 unspecified atom stereocenters. The van der Waals surface area contributed by atoms with Gasteiger partial charge in [0.25, 0.3) is 0 Å². The summed E-state index contributed by atoms with van der Waals surface area (Å²) >= 11 is 0. The number of ether oxygens (including phenoxy) is 1. The smallest absolute Gasteiger partial charge is 0.240 e. The minimum atomic E-state index is -3.56. The van der Waals surface area contributed by atoms with E-state index in [1.54, 1.807) is 19.1 Å². The number of nitrogens with one attached hydrogen (secondary N) is 1. The van der Waals surface area contributed by atoms with Crippen LogP contribution in [0.5, 0.6) is 0 Å². The van der Waals surface area contributed by atoms with E-state index in [4.69, 9.17) is 4.74 Å². The molecule has 0 radical (unpaired) electrons. The monoisotopic (exact) mass is 313 g/mol. The highest BCUT2D eigenvalue weighted by atomic mass is 32.2. The van der Waals surface area contributed by atoms with Crippen LogP contribution >= 0.6 is 0 Å². The van der Waals surface area contributed by atoms with Gasteiger partial charge >= 0.3 is 0 Å². The van der Waals surface area contributed by atoms with Crippen molar-refractivity contribution < 1.29 is 18.3 Å². The summed E-state index contributed by atoms with van der Waals surface area (Å²) in [6.07, 6.45) is 1.96. The first kappa shape index (κ1) is 16.4. The number of hydrogen-bond acceptors (Lipinski definition) is 4. The molecule has 0 amide bonds. The van der Waals surface area contributed by atoms with Gasteiger partial charge in [-0.1, -0.05) is 6.07 Å². The fourth-order valence-electron chi connectivity index (χ4n) is 2.61. The molecule has 1 aliphatic rings. The molecule has 1 aliphatic heterocycles. The van der Waals surface area contributed by atoms with Crippen molar-refractivity contribution in [3.8, 4) is 0 Å². The molecule has 1 aromatic rings. The van der Waals surface area contributed by atoms with Crippen LogP contribution in [0.1, 0.15) is 29.5 Å². The summed E-state index contributed by atoms with van der Waals surface area (Å²) in [5.74, 6) is 0.233. The Kier molecular flexibility index (Phi) is 5.37. The van der Waals surface area contributed by atoms with Gasteiger partial charge in [-0.2, -0.15) is 0 Å². The maximum Gasteiger partial charge on any atom is 0.240 e. The number of aliphatic hydroxyl groups is 1. The average Bonchev–Trinajstić information content (AvgIpc) is 2.46. The van der Waals surface area contributed by atoms with Gasteiger partial charge in [-0.05, 0) is 55.4 Å². The third-order valence-corrected chi connectivity index (χ3v) is 5.48. The van der Waals surface area contributed by atoms with Crippen LogP contribution < -0.4 is 4.72 Å². The lowest BCUT2D eigenvalue weighted by molar-refractivity contribution is 0.0568. The van der Waals surface area contributed by atoms with Crippen molar-refractivity contribution in [1.82, 2.24) is 4.72 Å². The summed E-state index contributed by atoms with van der Waals surface area (Å²) in [6.45, 7) is 5.24. The lowest BCUT2D eigenvalue weighted by Gasteiger charge is -2.22. The second-order valence-corrected chi connectivity index (χ2v) is 7.37.